The van der Waals surface area contributed by atoms with Crippen molar-refractivity contribution in [2.24, 2.45) is 4.99 Å². The molecule has 0 spiro atoms. The average Bonchev–Trinajstić information content (AvgIpc) is 3.36. The van der Waals surface area contributed by atoms with Gasteiger partial charge in [0.1, 0.15) is 17.3 Å². The van der Waals surface area contributed by atoms with E-state index in [9.17, 15) is 14.9 Å². The Morgan fingerprint density at radius 3 is 2.69 bits per heavy atom. The lowest BCUT2D eigenvalue weighted by molar-refractivity contribution is -0.384. The summed E-state index contributed by atoms with van der Waals surface area (Å²) in [5.41, 5.74) is 3.13. The van der Waals surface area contributed by atoms with E-state index in [2.05, 4.69) is 10.3 Å². The SMILES string of the molecule is COc1ccc(-c2ccc(/C=C3\SC(=Nc4ccc(C)cc4C)NC3=O)o2)c([N+](=O)[O-])c1. The summed E-state index contributed by atoms with van der Waals surface area (Å²) in [5.74, 6) is 0.810. The third-order valence-corrected chi connectivity index (χ3v) is 5.70. The Morgan fingerprint density at radius 2 is 1.97 bits per heavy atom. The molecule has 1 aliphatic heterocycles. The molecule has 1 aromatic heterocycles. The van der Waals surface area contributed by atoms with Gasteiger partial charge in [-0.05, 0) is 61.5 Å². The summed E-state index contributed by atoms with van der Waals surface area (Å²) < 4.78 is 10.8. The zero-order valence-corrected chi connectivity index (χ0v) is 18.4. The highest BCUT2D eigenvalue weighted by Crippen LogP contribution is 2.35. The van der Waals surface area contributed by atoms with E-state index in [4.69, 9.17) is 9.15 Å². The van der Waals surface area contributed by atoms with Crippen molar-refractivity contribution in [2.45, 2.75) is 13.8 Å². The molecule has 4 rings (SSSR count). The van der Waals surface area contributed by atoms with Gasteiger partial charge in [-0.15, -0.1) is 0 Å². The van der Waals surface area contributed by atoms with Gasteiger partial charge in [-0.25, -0.2) is 4.99 Å². The number of methoxy groups -OCH3 is 1. The van der Waals surface area contributed by atoms with Crippen LogP contribution in [0.3, 0.4) is 0 Å². The zero-order chi connectivity index (χ0) is 22.8. The predicted octanol–water partition coefficient (Wildman–Crippen LogP) is 5.37. The molecule has 9 heteroatoms. The van der Waals surface area contributed by atoms with Crippen LogP contribution in [0.15, 0.2) is 62.8 Å². The Kier molecular flexibility index (Phi) is 5.83. The van der Waals surface area contributed by atoms with E-state index >= 15 is 0 Å². The molecule has 8 nitrogen and oxygen atoms in total. The molecule has 2 heterocycles. The van der Waals surface area contributed by atoms with Crippen molar-refractivity contribution in [3.63, 3.8) is 0 Å². The Labute approximate surface area is 188 Å². The summed E-state index contributed by atoms with van der Waals surface area (Å²) in [7, 11) is 1.44. The molecule has 1 saturated heterocycles. The first-order valence-corrected chi connectivity index (χ1v) is 10.4. The fraction of sp³-hybridized carbons (Fsp3) is 0.130. The highest BCUT2D eigenvalue weighted by atomic mass is 32.2. The van der Waals surface area contributed by atoms with Crippen LogP contribution in [0.25, 0.3) is 17.4 Å². The number of hydrogen-bond donors (Lipinski definition) is 1. The number of furan rings is 1. The Hall–Kier alpha value is -3.85. The third-order valence-electron chi connectivity index (χ3n) is 4.79. The van der Waals surface area contributed by atoms with E-state index in [-0.39, 0.29) is 11.6 Å². The summed E-state index contributed by atoms with van der Waals surface area (Å²) in [6.07, 6.45) is 1.59. The molecular formula is C23H19N3O5S. The van der Waals surface area contributed by atoms with Gasteiger partial charge in [-0.2, -0.15) is 0 Å². The summed E-state index contributed by atoms with van der Waals surface area (Å²) in [6, 6.07) is 13.7. The largest absolute Gasteiger partial charge is 0.497 e. The van der Waals surface area contributed by atoms with Crippen LogP contribution in [-0.2, 0) is 4.79 Å². The quantitative estimate of drug-likeness (QED) is 0.319. The molecule has 32 heavy (non-hydrogen) atoms. The highest BCUT2D eigenvalue weighted by molar-refractivity contribution is 8.18. The van der Waals surface area contributed by atoms with Crippen molar-refractivity contribution in [1.29, 1.82) is 0 Å². The average molecular weight is 449 g/mol. The number of nitro groups is 1. The predicted molar refractivity (Wildman–Crippen MR) is 124 cm³/mol. The Bertz CT molecular complexity index is 1290. The third kappa shape index (κ3) is 4.42. The van der Waals surface area contributed by atoms with Crippen molar-refractivity contribution in [3.8, 4) is 17.1 Å². The fourth-order valence-corrected chi connectivity index (χ4v) is 4.04. The number of rotatable bonds is 5. The molecule has 1 fully saturated rings. The number of aryl methyl sites for hydroxylation is 2. The van der Waals surface area contributed by atoms with Crippen LogP contribution >= 0.6 is 11.8 Å². The van der Waals surface area contributed by atoms with Gasteiger partial charge in [0.05, 0.1) is 34.3 Å². The van der Waals surface area contributed by atoms with Crippen molar-refractivity contribution < 1.29 is 18.9 Å². The van der Waals surface area contributed by atoms with Gasteiger partial charge < -0.3 is 14.5 Å². The maximum absolute atomic E-state index is 12.4. The zero-order valence-electron chi connectivity index (χ0n) is 17.5. The van der Waals surface area contributed by atoms with E-state index in [1.807, 2.05) is 32.0 Å². The molecule has 3 aromatic rings. The van der Waals surface area contributed by atoms with Crippen molar-refractivity contribution in [2.75, 3.05) is 7.11 Å². The minimum Gasteiger partial charge on any atom is -0.497 e. The van der Waals surface area contributed by atoms with Gasteiger partial charge in [-0.3, -0.25) is 14.9 Å². The van der Waals surface area contributed by atoms with E-state index in [1.54, 1.807) is 30.3 Å². The van der Waals surface area contributed by atoms with Crippen LogP contribution in [-0.4, -0.2) is 23.1 Å². The Balaban J connectivity index is 1.59. The molecule has 1 N–H and O–H groups in total. The molecule has 0 unspecified atom stereocenters. The molecule has 162 valence electrons. The lowest BCUT2D eigenvalue weighted by atomic mass is 10.1. The molecule has 0 aliphatic carbocycles. The van der Waals surface area contributed by atoms with Crippen molar-refractivity contribution >= 4 is 40.3 Å². The monoisotopic (exact) mass is 449 g/mol. The normalized spacial score (nSPS) is 15.9. The van der Waals surface area contributed by atoms with Gasteiger partial charge in [0.15, 0.2) is 5.17 Å². The fourth-order valence-electron chi connectivity index (χ4n) is 3.22. The minimum absolute atomic E-state index is 0.131. The standard InChI is InChI=1S/C23H19N3O5S/c1-13-4-8-18(14(2)10-13)24-23-25-22(27)21(32-23)12-16-6-9-20(31-16)17-7-5-15(30-3)11-19(17)26(28)29/h4-12H,1-3H3,(H,24,25,27)/b21-12-. The first-order valence-electron chi connectivity index (χ1n) is 9.63. The second-order valence-electron chi connectivity index (χ2n) is 7.11. The number of thioether (sulfide) groups is 1. The molecule has 1 amide bonds. The number of aliphatic imine (C=N–C) groups is 1. The first-order chi connectivity index (χ1) is 15.3. The molecule has 0 bridgehead atoms. The first kappa shape index (κ1) is 21.4. The number of amidine groups is 1. The lowest BCUT2D eigenvalue weighted by Gasteiger charge is -2.03. The number of ether oxygens (including phenoxy) is 1. The molecule has 0 atom stereocenters. The van der Waals surface area contributed by atoms with Crippen LogP contribution < -0.4 is 10.1 Å². The number of benzene rings is 2. The number of hydrogen-bond acceptors (Lipinski definition) is 7. The topological polar surface area (TPSA) is 107 Å². The number of nitrogens with one attached hydrogen (secondary N) is 1. The van der Waals surface area contributed by atoms with Gasteiger partial charge in [0.2, 0.25) is 0 Å². The maximum Gasteiger partial charge on any atom is 0.284 e. The molecule has 2 aromatic carbocycles. The van der Waals surface area contributed by atoms with Crippen LogP contribution in [0.4, 0.5) is 11.4 Å². The lowest BCUT2D eigenvalue weighted by Crippen LogP contribution is -2.19. The van der Waals surface area contributed by atoms with Crippen LogP contribution in [0.5, 0.6) is 5.75 Å². The molecular weight excluding hydrogens is 430 g/mol. The van der Waals surface area contributed by atoms with Crippen molar-refractivity contribution in [1.82, 2.24) is 5.32 Å². The second kappa shape index (κ2) is 8.72. The van der Waals surface area contributed by atoms with Crippen molar-refractivity contribution in [3.05, 3.63) is 80.4 Å². The number of nitrogens with zero attached hydrogens (tertiary/aromatic N) is 2. The summed E-state index contributed by atoms with van der Waals surface area (Å²) in [4.78, 5) is 28.3. The number of carbonyl (C=O) groups excluding carboxylic acids is 1. The molecule has 1 aliphatic rings. The van der Waals surface area contributed by atoms with E-state index in [0.717, 1.165) is 16.8 Å². The summed E-state index contributed by atoms with van der Waals surface area (Å²) in [5, 5.41) is 14.7. The van der Waals surface area contributed by atoms with Crippen LogP contribution in [0.1, 0.15) is 16.9 Å². The van der Waals surface area contributed by atoms with E-state index in [0.29, 0.717) is 32.9 Å². The van der Waals surface area contributed by atoms with Crippen LogP contribution in [0, 0.1) is 24.0 Å². The summed E-state index contributed by atoms with van der Waals surface area (Å²) >= 11 is 1.21. The smallest absolute Gasteiger partial charge is 0.284 e. The minimum atomic E-state index is -0.491. The van der Waals surface area contributed by atoms with Crippen LogP contribution in [0.2, 0.25) is 0 Å². The number of carbonyl (C=O) groups is 1. The van der Waals surface area contributed by atoms with E-state index in [1.165, 1.54) is 24.9 Å². The van der Waals surface area contributed by atoms with E-state index < -0.39 is 4.92 Å². The number of nitro benzene ring substituents is 1. The maximum atomic E-state index is 12.4. The van der Waals surface area contributed by atoms with Gasteiger partial charge >= 0.3 is 0 Å². The van der Waals surface area contributed by atoms with Gasteiger partial charge in [0.25, 0.3) is 11.6 Å². The molecule has 0 radical (unpaired) electrons. The molecule has 0 saturated carbocycles. The second-order valence-corrected chi connectivity index (χ2v) is 8.14. The van der Waals surface area contributed by atoms with Gasteiger partial charge in [0, 0.05) is 6.08 Å². The van der Waals surface area contributed by atoms with Gasteiger partial charge in [-0.1, -0.05) is 17.7 Å². The summed E-state index contributed by atoms with van der Waals surface area (Å²) in [6.45, 7) is 3.97. The highest BCUT2D eigenvalue weighted by Gasteiger charge is 2.25. The Morgan fingerprint density at radius 1 is 1.16 bits per heavy atom. The number of amides is 1.